The number of hydrogen-bond acceptors (Lipinski definition) is 3. The van der Waals surface area contributed by atoms with Crippen LogP contribution in [0.25, 0.3) is 0 Å². The summed E-state index contributed by atoms with van der Waals surface area (Å²) in [5, 5.41) is 0. The smallest absolute Gasteiger partial charge is 0.222 e. The molecule has 0 bridgehead atoms. The SMILES string of the molecule is N[C@@H]1CCC[C@H]1CC(=O)N1CCN(CC2CC2)CC1. The predicted octanol–water partition coefficient (Wildman–Crippen LogP) is 1.06. The number of piperazine rings is 1. The maximum Gasteiger partial charge on any atom is 0.222 e. The van der Waals surface area contributed by atoms with Crippen LogP contribution in [0.15, 0.2) is 0 Å². The molecule has 2 N–H and O–H groups in total. The summed E-state index contributed by atoms with van der Waals surface area (Å²) in [7, 11) is 0. The third kappa shape index (κ3) is 3.48. The number of rotatable bonds is 4. The molecule has 1 saturated heterocycles. The molecule has 2 atom stereocenters. The van der Waals surface area contributed by atoms with Crippen molar-refractivity contribution >= 4 is 5.91 Å². The second-order valence-electron chi connectivity index (χ2n) is 6.68. The second-order valence-corrected chi connectivity index (χ2v) is 6.68. The number of hydrogen-bond donors (Lipinski definition) is 1. The van der Waals surface area contributed by atoms with E-state index in [9.17, 15) is 4.79 Å². The van der Waals surface area contributed by atoms with E-state index in [0.29, 0.717) is 18.2 Å². The molecule has 19 heavy (non-hydrogen) atoms. The molecule has 1 heterocycles. The zero-order valence-corrected chi connectivity index (χ0v) is 11.9. The lowest BCUT2D eigenvalue weighted by Crippen LogP contribution is -2.49. The fourth-order valence-electron chi connectivity index (χ4n) is 3.52. The minimum atomic E-state index is 0.264. The summed E-state index contributed by atoms with van der Waals surface area (Å²) >= 11 is 0. The Bertz CT molecular complexity index is 321. The van der Waals surface area contributed by atoms with Gasteiger partial charge in [0.1, 0.15) is 0 Å². The van der Waals surface area contributed by atoms with Gasteiger partial charge < -0.3 is 10.6 Å². The molecule has 3 rings (SSSR count). The van der Waals surface area contributed by atoms with Crippen molar-refractivity contribution in [3.8, 4) is 0 Å². The molecule has 0 aromatic rings. The number of amides is 1. The van der Waals surface area contributed by atoms with Gasteiger partial charge in [-0.2, -0.15) is 0 Å². The van der Waals surface area contributed by atoms with Crippen molar-refractivity contribution in [1.29, 1.82) is 0 Å². The van der Waals surface area contributed by atoms with E-state index in [1.807, 2.05) is 0 Å². The normalized spacial score (nSPS) is 32.8. The van der Waals surface area contributed by atoms with Crippen LogP contribution >= 0.6 is 0 Å². The second kappa shape index (κ2) is 5.80. The molecule has 2 aliphatic carbocycles. The van der Waals surface area contributed by atoms with E-state index in [0.717, 1.165) is 44.9 Å². The summed E-state index contributed by atoms with van der Waals surface area (Å²) < 4.78 is 0. The number of nitrogens with two attached hydrogens (primary N) is 1. The monoisotopic (exact) mass is 265 g/mol. The van der Waals surface area contributed by atoms with Crippen molar-refractivity contribution in [2.24, 2.45) is 17.6 Å². The van der Waals surface area contributed by atoms with Crippen molar-refractivity contribution < 1.29 is 4.79 Å². The van der Waals surface area contributed by atoms with Crippen LogP contribution in [-0.2, 0) is 4.79 Å². The van der Waals surface area contributed by atoms with Crippen molar-refractivity contribution in [2.75, 3.05) is 32.7 Å². The van der Waals surface area contributed by atoms with E-state index >= 15 is 0 Å². The summed E-state index contributed by atoms with van der Waals surface area (Å²) in [4.78, 5) is 16.9. The Morgan fingerprint density at radius 1 is 1.05 bits per heavy atom. The number of carbonyl (C=O) groups is 1. The van der Waals surface area contributed by atoms with Gasteiger partial charge in [0.05, 0.1) is 0 Å². The van der Waals surface area contributed by atoms with Gasteiger partial charge in [-0.05, 0) is 37.5 Å². The largest absolute Gasteiger partial charge is 0.340 e. The Labute approximate surface area is 116 Å². The van der Waals surface area contributed by atoms with E-state index < -0.39 is 0 Å². The molecule has 108 valence electrons. The van der Waals surface area contributed by atoms with Gasteiger partial charge in [-0.1, -0.05) is 6.42 Å². The molecule has 0 aromatic heterocycles. The molecule has 3 fully saturated rings. The number of carbonyl (C=O) groups excluding carboxylic acids is 1. The first-order valence-electron chi connectivity index (χ1n) is 7.98. The van der Waals surface area contributed by atoms with Gasteiger partial charge >= 0.3 is 0 Å². The highest BCUT2D eigenvalue weighted by molar-refractivity contribution is 5.76. The molecule has 1 amide bonds. The Kier molecular flexibility index (Phi) is 4.08. The first kappa shape index (κ1) is 13.4. The fraction of sp³-hybridized carbons (Fsp3) is 0.933. The first-order chi connectivity index (χ1) is 9.22. The topological polar surface area (TPSA) is 49.6 Å². The zero-order valence-electron chi connectivity index (χ0n) is 11.9. The summed E-state index contributed by atoms with van der Waals surface area (Å²) in [6, 6.07) is 0.264. The van der Waals surface area contributed by atoms with Gasteiger partial charge in [-0.25, -0.2) is 0 Å². The van der Waals surface area contributed by atoms with E-state index in [4.69, 9.17) is 5.73 Å². The molecule has 2 saturated carbocycles. The molecule has 3 aliphatic rings. The maximum absolute atomic E-state index is 12.3. The van der Waals surface area contributed by atoms with Crippen LogP contribution in [-0.4, -0.2) is 54.5 Å². The standard InChI is InChI=1S/C15H27N3O/c16-14-3-1-2-13(14)10-15(19)18-8-6-17(7-9-18)11-12-4-5-12/h12-14H,1-11,16H2/t13-,14+/m0/s1. The van der Waals surface area contributed by atoms with Crippen LogP contribution in [0, 0.1) is 11.8 Å². The minimum absolute atomic E-state index is 0.264. The molecule has 0 unspecified atom stereocenters. The van der Waals surface area contributed by atoms with E-state index in [-0.39, 0.29) is 6.04 Å². The highest BCUT2D eigenvalue weighted by atomic mass is 16.2. The Morgan fingerprint density at radius 3 is 2.37 bits per heavy atom. The summed E-state index contributed by atoms with van der Waals surface area (Å²) in [5.74, 6) is 1.74. The molecular weight excluding hydrogens is 238 g/mol. The summed E-state index contributed by atoms with van der Waals surface area (Å²) in [6.45, 7) is 5.24. The van der Waals surface area contributed by atoms with E-state index in [1.165, 1.54) is 25.8 Å². The van der Waals surface area contributed by atoms with Gasteiger partial charge in [0.2, 0.25) is 5.91 Å². The highest BCUT2D eigenvalue weighted by Crippen LogP contribution is 2.30. The van der Waals surface area contributed by atoms with Gasteiger partial charge in [-0.15, -0.1) is 0 Å². The van der Waals surface area contributed by atoms with Crippen LogP contribution in [0.4, 0.5) is 0 Å². The first-order valence-corrected chi connectivity index (χ1v) is 7.98. The van der Waals surface area contributed by atoms with E-state index in [1.54, 1.807) is 0 Å². The quantitative estimate of drug-likeness (QED) is 0.827. The van der Waals surface area contributed by atoms with Crippen LogP contribution in [0.5, 0.6) is 0 Å². The van der Waals surface area contributed by atoms with Crippen LogP contribution < -0.4 is 5.73 Å². The third-order valence-electron chi connectivity index (χ3n) is 5.09. The lowest BCUT2D eigenvalue weighted by molar-refractivity contribution is -0.134. The fourth-order valence-corrected chi connectivity index (χ4v) is 3.52. The van der Waals surface area contributed by atoms with Crippen molar-refractivity contribution in [1.82, 2.24) is 9.80 Å². The Morgan fingerprint density at radius 2 is 1.79 bits per heavy atom. The van der Waals surface area contributed by atoms with Crippen LogP contribution in [0.2, 0.25) is 0 Å². The van der Waals surface area contributed by atoms with Crippen molar-refractivity contribution in [3.63, 3.8) is 0 Å². The number of nitrogens with zero attached hydrogens (tertiary/aromatic N) is 2. The van der Waals surface area contributed by atoms with Gasteiger partial charge in [-0.3, -0.25) is 9.69 Å². The predicted molar refractivity (Wildman–Crippen MR) is 75.7 cm³/mol. The molecule has 0 radical (unpaired) electrons. The van der Waals surface area contributed by atoms with Gasteiger partial charge in [0.25, 0.3) is 0 Å². The van der Waals surface area contributed by atoms with Crippen molar-refractivity contribution in [2.45, 2.75) is 44.6 Å². The highest BCUT2D eigenvalue weighted by Gasteiger charge is 2.30. The van der Waals surface area contributed by atoms with Crippen molar-refractivity contribution in [3.05, 3.63) is 0 Å². The van der Waals surface area contributed by atoms with Crippen LogP contribution in [0.1, 0.15) is 38.5 Å². The summed E-state index contributed by atoms with van der Waals surface area (Å²) in [6.07, 6.45) is 6.97. The zero-order chi connectivity index (χ0) is 13.2. The van der Waals surface area contributed by atoms with Crippen LogP contribution in [0.3, 0.4) is 0 Å². The van der Waals surface area contributed by atoms with Gasteiger partial charge in [0, 0.05) is 45.2 Å². The van der Waals surface area contributed by atoms with E-state index in [2.05, 4.69) is 9.80 Å². The lowest BCUT2D eigenvalue weighted by Gasteiger charge is -2.35. The maximum atomic E-state index is 12.3. The van der Waals surface area contributed by atoms with Gasteiger partial charge in [0.15, 0.2) is 0 Å². The molecule has 4 heteroatoms. The Balaban J connectivity index is 1.41. The molecule has 4 nitrogen and oxygen atoms in total. The minimum Gasteiger partial charge on any atom is -0.340 e. The molecule has 0 aromatic carbocycles. The molecule has 1 aliphatic heterocycles. The lowest BCUT2D eigenvalue weighted by atomic mass is 9.99. The average Bonchev–Trinajstić information content (AvgIpc) is 3.14. The molecular formula is C15H27N3O. The average molecular weight is 265 g/mol. The Hall–Kier alpha value is -0.610. The third-order valence-corrected chi connectivity index (χ3v) is 5.09. The summed E-state index contributed by atoms with van der Waals surface area (Å²) in [5.41, 5.74) is 6.06. The molecule has 0 spiro atoms.